The number of nitrogens with one attached hydrogen (secondary N) is 2. The van der Waals surface area contributed by atoms with Crippen molar-refractivity contribution < 1.29 is 19.4 Å². The van der Waals surface area contributed by atoms with Gasteiger partial charge in [-0.15, -0.1) is 0 Å². The van der Waals surface area contributed by atoms with E-state index in [0.29, 0.717) is 17.9 Å². The monoisotopic (exact) mass is 432 g/mol. The molecule has 164 valence electrons. The van der Waals surface area contributed by atoms with E-state index < -0.39 is 12.1 Å². The SMILES string of the molecule is O=C(Nc1ccccc1)Nc1ccc(C2OCC(=O)N(Cc3cccnc3)C2CO)cc1. The standard InChI is InChI=1S/C24H24N4O4/c29-15-21-23(32-16-22(30)28(21)14-17-5-4-12-25-13-17)18-8-10-20(11-9-18)27-24(31)26-19-6-2-1-3-7-19/h1-13,21,23,29H,14-16H2,(H2,26,27,31). The topological polar surface area (TPSA) is 104 Å². The van der Waals surface area contributed by atoms with Crippen molar-refractivity contribution in [2.24, 2.45) is 0 Å². The summed E-state index contributed by atoms with van der Waals surface area (Å²) in [4.78, 5) is 30.4. The van der Waals surface area contributed by atoms with E-state index in [1.54, 1.807) is 41.6 Å². The van der Waals surface area contributed by atoms with Crippen LogP contribution >= 0.6 is 0 Å². The number of aliphatic hydroxyl groups is 1. The number of benzene rings is 2. The van der Waals surface area contributed by atoms with E-state index in [1.807, 2.05) is 42.5 Å². The summed E-state index contributed by atoms with van der Waals surface area (Å²) in [5.41, 5.74) is 2.99. The van der Waals surface area contributed by atoms with Crippen LogP contribution in [0, 0.1) is 0 Å². The Morgan fingerprint density at radius 1 is 1.03 bits per heavy atom. The van der Waals surface area contributed by atoms with Crippen molar-refractivity contribution in [1.29, 1.82) is 0 Å². The second kappa shape index (κ2) is 10.0. The van der Waals surface area contributed by atoms with E-state index in [2.05, 4.69) is 15.6 Å². The highest BCUT2D eigenvalue weighted by atomic mass is 16.5. The van der Waals surface area contributed by atoms with Crippen LogP contribution in [0.5, 0.6) is 0 Å². The molecule has 1 aliphatic rings. The van der Waals surface area contributed by atoms with Crippen molar-refractivity contribution in [2.45, 2.75) is 18.7 Å². The lowest BCUT2D eigenvalue weighted by Gasteiger charge is -2.40. The maximum Gasteiger partial charge on any atom is 0.323 e. The van der Waals surface area contributed by atoms with Gasteiger partial charge in [0.2, 0.25) is 5.91 Å². The molecule has 3 amide bonds. The lowest BCUT2D eigenvalue weighted by Crippen LogP contribution is -2.52. The fourth-order valence-electron chi connectivity index (χ4n) is 3.68. The third-order valence-corrected chi connectivity index (χ3v) is 5.25. The molecule has 2 aromatic carbocycles. The molecule has 3 N–H and O–H groups in total. The van der Waals surface area contributed by atoms with Gasteiger partial charge in [-0.2, -0.15) is 0 Å². The van der Waals surface area contributed by atoms with Gasteiger partial charge in [0, 0.05) is 30.3 Å². The molecule has 0 spiro atoms. The molecule has 0 saturated carbocycles. The van der Waals surface area contributed by atoms with Crippen LogP contribution in [-0.2, 0) is 16.1 Å². The summed E-state index contributed by atoms with van der Waals surface area (Å²) >= 11 is 0. The lowest BCUT2D eigenvalue weighted by molar-refractivity contribution is -0.162. The molecular weight excluding hydrogens is 408 g/mol. The first-order valence-corrected chi connectivity index (χ1v) is 10.3. The summed E-state index contributed by atoms with van der Waals surface area (Å²) in [7, 11) is 0. The molecule has 0 bridgehead atoms. The molecule has 1 aliphatic heterocycles. The number of carbonyl (C=O) groups is 2. The van der Waals surface area contributed by atoms with E-state index in [-0.39, 0.29) is 25.2 Å². The van der Waals surface area contributed by atoms with Gasteiger partial charge >= 0.3 is 6.03 Å². The third kappa shape index (κ3) is 5.11. The van der Waals surface area contributed by atoms with Gasteiger partial charge in [0.15, 0.2) is 0 Å². The Morgan fingerprint density at radius 3 is 2.41 bits per heavy atom. The Kier molecular flexibility index (Phi) is 6.74. The number of rotatable bonds is 6. The normalized spacial score (nSPS) is 18.3. The van der Waals surface area contributed by atoms with Gasteiger partial charge in [0.1, 0.15) is 12.7 Å². The summed E-state index contributed by atoms with van der Waals surface area (Å²) in [5.74, 6) is -0.181. The number of ether oxygens (including phenoxy) is 1. The van der Waals surface area contributed by atoms with E-state index in [4.69, 9.17) is 4.74 Å². The molecule has 32 heavy (non-hydrogen) atoms. The molecule has 0 aliphatic carbocycles. The number of aliphatic hydroxyl groups excluding tert-OH is 1. The van der Waals surface area contributed by atoms with Crippen LogP contribution in [0.3, 0.4) is 0 Å². The molecule has 1 saturated heterocycles. The van der Waals surface area contributed by atoms with E-state index in [9.17, 15) is 14.7 Å². The van der Waals surface area contributed by atoms with Crippen molar-refractivity contribution in [2.75, 3.05) is 23.8 Å². The number of nitrogens with zero attached hydrogens (tertiary/aromatic N) is 2. The van der Waals surface area contributed by atoms with Crippen molar-refractivity contribution in [3.05, 3.63) is 90.3 Å². The number of aromatic nitrogens is 1. The molecule has 1 fully saturated rings. The molecule has 0 radical (unpaired) electrons. The second-order valence-corrected chi connectivity index (χ2v) is 7.43. The van der Waals surface area contributed by atoms with Crippen molar-refractivity contribution in [1.82, 2.24) is 9.88 Å². The maximum absolute atomic E-state index is 12.5. The number of urea groups is 1. The molecule has 1 aromatic heterocycles. The first-order chi connectivity index (χ1) is 15.6. The Balaban J connectivity index is 1.44. The number of hydrogen-bond acceptors (Lipinski definition) is 5. The predicted molar refractivity (Wildman–Crippen MR) is 120 cm³/mol. The number of pyridine rings is 1. The van der Waals surface area contributed by atoms with Crippen molar-refractivity contribution in [3.8, 4) is 0 Å². The number of amides is 3. The van der Waals surface area contributed by atoms with Crippen LogP contribution in [0.25, 0.3) is 0 Å². The van der Waals surface area contributed by atoms with Crippen LogP contribution in [0.2, 0.25) is 0 Å². The van der Waals surface area contributed by atoms with Gasteiger partial charge in [-0.25, -0.2) is 4.79 Å². The predicted octanol–water partition coefficient (Wildman–Crippen LogP) is 3.19. The van der Waals surface area contributed by atoms with E-state index in [0.717, 1.165) is 11.1 Å². The van der Waals surface area contributed by atoms with Gasteiger partial charge in [0.05, 0.1) is 12.6 Å². The van der Waals surface area contributed by atoms with Gasteiger partial charge in [-0.1, -0.05) is 36.4 Å². The largest absolute Gasteiger partial charge is 0.394 e. The zero-order valence-corrected chi connectivity index (χ0v) is 17.3. The average Bonchev–Trinajstić information content (AvgIpc) is 2.82. The highest BCUT2D eigenvalue weighted by Crippen LogP contribution is 2.30. The Morgan fingerprint density at radius 2 is 1.75 bits per heavy atom. The summed E-state index contributed by atoms with van der Waals surface area (Å²) in [6.45, 7) is 0.0358. The van der Waals surface area contributed by atoms with Gasteiger partial charge in [0.25, 0.3) is 0 Å². The summed E-state index contributed by atoms with van der Waals surface area (Å²) in [5, 5.41) is 15.6. The zero-order chi connectivity index (χ0) is 22.3. The minimum atomic E-state index is -0.531. The van der Waals surface area contributed by atoms with Gasteiger partial charge in [-0.05, 0) is 41.5 Å². The van der Waals surface area contributed by atoms with E-state index >= 15 is 0 Å². The zero-order valence-electron chi connectivity index (χ0n) is 17.3. The van der Waals surface area contributed by atoms with Crippen molar-refractivity contribution in [3.63, 3.8) is 0 Å². The van der Waals surface area contributed by atoms with Crippen LogP contribution in [0.15, 0.2) is 79.1 Å². The average molecular weight is 432 g/mol. The maximum atomic E-state index is 12.5. The molecular formula is C24H24N4O4. The van der Waals surface area contributed by atoms with E-state index in [1.165, 1.54) is 0 Å². The molecule has 3 aromatic rings. The van der Waals surface area contributed by atoms with Crippen LogP contribution < -0.4 is 10.6 Å². The molecule has 8 heteroatoms. The second-order valence-electron chi connectivity index (χ2n) is 7.43. The Hall–Kier alpha value is -3.75. The first kappa shape index (κ1) is 21.5. The molecule has 2 unspecified atom stereocenters. The van der Waals surface area contributed by atoms with Gasteiger partial charge < -0.3 is 25.4 Å². The number of anilines is 2. The number of para-hydroxylation sites is 1. The number of morpholine rings is 1. The molecule has 2 heterocycles. The minimum Gasteiger partial charge on any atom is -0.394 e. The number of hydrogen-bond donors (Lipinski definition) is 3. The summed E-state index contributed by atoms with van der Waals surface area (Å²) < 4.78 is 5.78. The fraction of sp³-hybridized carbons (Fsp3) is 0.208. The quantitative estimate of drug-likeness (QED) is 0.555. The molecule has 8 nitrogen and oxygen atoms in total. The van der Waals surface area contributed by atoms with Crippen molar-refractivity contribution >= 4 is 23.3 Å². The van der Waals surface area contributed by atoms with Crippen LogP contribution in [0.4, 0.5) is 16.2 Å². The third-order valence-electron chi connectivity index (χ3n) is 5.25. The highest BCUT2D eigenvalue weighted by molar-refractivity contribution is 5.99. The molecule has 2 atom stereocenters. The number of carbonyl (C=O) groups excluding carboxylic acids is 2. The Bertz CT molecular complexity index is 1040. The van der Waals surface area contributed by atoms with Gasteiger partial charge in [-0.3, -0.25) is 9.78 Å². The highest BCUT2D eigenvalue weighted by Gasteiger charge is 2.37. The van der Waals surface area contributed by atoms with Crippen LogP contribution in [0.1, 0.15) is 17.2 Å². The first-order valence-electron chi connectivity index (χ1n) is 10.3. The Labute approximate surface area is 185 Å². The summed E-state index contributed by atoms with van der Waals surface area (Å²) in [6.07, 6.45) is 2.89. The summed E-state index contributed by atoms with van der Waals surface area (Å²) in [6, 6.07) is 19.2. The minimum absolute atomic E-state index is 0.0685. The molecule has 4 rings (SSSR count). The smallest absolute Gasteiger partial charge is 0.323 e. The lowest BCUT2D eigenvalue weighted by atomic mass is 9.98. The van der Waals surface area contributed by atoms with Crippen LogP contribution in [-0.4, -0.2) is 46.2 Å². The fourth-order valence-corrected chi connectivity index (χ4v) is 3.68.